The van der Waals surface area contributed by atoms with E-state index in [2.05, 4.69) is 12.1 Å². The van der Waals surface area contributed by atoms with Gasteiger partial charge in [0.15, 0.2) is 5.78 Å². The summed E-state index contributed by atoms with van der Waals surface area (Å²) >= 11 is 0. The Hall–Kier alpha value is -1.64. The van der Waals surface area contributed by atoms with Gasteiger partial charge in [-0.1, -0.05) is 24.3 Å². The van der Waals surface area contributed by atoms with Crippen molar-refractivity contribution in [2.24, 2.45) is 5.92 Å². The predicted molar refractivity (Wildman–Crippen MR) is 59.0 cm³/mol. The van der Waals surface area contributed by atoms with Gasteiger partial charge in [-0.25, -0.2) is 0 Å². The molecule has 1 aromatic rings. The SMILES string of the molecule is CC(=O)OCC(=O)C1Cc2ccccc2C1. The smallest absolute Gasteiger partial charge is 0.303 e. The summed E-state index contributed by atoms with van der Waals surface area (Å²) in [6.07, 6.45) is 1.55. The fourth-order valence-corrected chi connectivity index (χ4v) is 2.08. The van der Waals surface area contributed by atoms with Crippen LogP contribution < -0.4 is 0 Å². The fraction of sp³-hybridized carbons (Fsp3) is 0.385. The van der Waals surface area contributed by atoms with Crippen molar-refractivity contribution < 1.29 is 14.3 Å². The van der Waals surface area contributed by atoms with E-state index in [9.17, 15) is 9.59 Å². The summed E-state index contributed by atoms with van der Waals surface area (Å²) in [5, 5.41) is 0. The Bertz CT molecular complexity index is 398. The molecule has 3 heteroatoms. The lowest BCUT2D eigenvalue weighted by Gasteiger charge is -2.07. The van der Waals surface area contributed by atoms with Crippen molar-refractivity contribution in [3.8, 4) is 0 Å². The average Bonchev–Trinajstić information content (AvgIpc) is 2.69. The molecule has 0 aromatic heterocycles. The largest absolute Gasteiger partial charge is 0.458 e. The Morgan fingerprint density at radius 1 is 1.25 bits per heavy atom. The van der Waals surface area contributed by atoms with Crippen LogP contribution in [-0.2, 0) is 27.2 Å². The van der Waals surface area contributed by atoms with Crippen molar-refractivity contribution in [1.29, 1.82) is 0 Å². The minimum Gasteiger partial charge on any atom is -0.458 e. The molecule has 0 aliphatic heterocycles. The zero-order valence-electron chi connectivity index (χ0n) is 9.23. The van der Waals surface area contributed by atoms with Gasteiger partial charge in [-0.05, 0) is 24.0 Å². The summed E-state index contributed by atoms with van der Waals surface area (Å²) in [6.45, 7) is 1.23. The highest BCUT2D eigenvalue weighted by atomic mass is 16.5. The molecule has 0 saturated carbocycles. The molecule has 0 heterocycles. The third-order valence-corrected chi connectivity index (χ3v) is 2.92. The van der Waals surface area contributed by atoms with Crippen molar-refractivity contribution in [2.75, 3.05) is 6.61 Å². The second kappa shape index (κ2) is 4.47. The first-order valence-corrected chi connectivity index (χ1v) is 5.39. The van der Waals surface area contributed by atoms with Gasteiger partial charge in [-0.2, -0.15) is 0 Å². The monoisotopic (exact) mass is 218 g/mol. The molecular formula is C13H14O3. The van der Waals surface area contributed by atoms with Crippen LogP contribution in [0.15, 0.2) is 24.3 Å². The molecule has 16 heavy (non-hydrogen) atoms. The van der Waals surface area contributed by atoms with E-state index in [1.807, 2.05) is 12.1 Å². The topological polar surface area (TPSA) is 43.4 Å². The maximum atomic E-state index is 11.7. The third kappa shape index (κ3) is 2.30. The Balaban J connectivity index is 1.96. The second-order valence-electron chi connectivity index (χ2n) is 4.12. The van der Waals surface area contributed by atoms with Gasteiger partial charge in [0.2, 0.25) is 0 Å². The van der Waals surface area contributed by atoms with E-state index in [4.69, 9.17) is 4.74 Å². The Morgan fingerprint density at radius 2 is 1.81 bits per heavy atom. The highest BCUT2D eigenvalue weighted by Crippen LogP contribution is 2.26. The number of carbonyl (C=O) groups excluding carboxylic acids is 2. The van der Waals surface area contributed by atoms with E-state index in [0.29, 0.717) is 0 Å². The molecule has 0 fully saturated rings. The third-order valence-electron chi connectivity index (χ3n) is 2.92. The van der Waals surface area contributed by atoms with Crippen LogP contribution in [0.25, 0.3) is 0 Å². The lowest BCUT2D eigenvalue weighted by atomic mass is 10.0. The molecular weight excluding hydrogens is 204 g/mol. The van der Waals surface area contributed by atoms with Crippen LogP contribution in [0.3, 0.4) is 0 Å². The number of esters is 1. The fourth-order valence-electron chi connectivity index (χ4n) is 2.08. The number of carbonyl (C=O) groups is 2. The highest BCUT2D eigenvalue weighted by molar-refractivity contribution is 5.85. The van der Waals surface area contributed by atoms with Gasteiger partial charge < -0.3 is 4.74 Å². The molecule has 0 saturated heterocycles. The number of ether oxygens (including phenoxy) is 1. The van der Waals surface area contributed by atoms with Crippen molar-refractivity contribution in [3.05, 3.63) is 35.4 Å². The van der Waals surface area contributed by atoms with E-state index in [1.165, 1.54) is 18.1 Å². The van der Waals surface area contributed by atoms with Crippen LogP contribution >= 0.6 is 0 Å². The Labute approximate surface area is 94.4 Å². The Kier molecular flexibility index (Phi) is 3.04. The normalized spacial score (nSPS) is 14.6. The summed E-state index contributed by atoms with van der Waals surface area (Å²) in [4.78, 5) is 22.3. The van der Waals surface area contributed by atoms with Gasteiger partial charge in [-0.15, -0.1) is 0 Å². The van der Waals surface area contributed by atoms with Crippen LogP contribution in [0.5, 0.6) is 0 Å². The van der Waals surface area contributed by atoms with E-state index >= 15 is 0 Å². The molecule has 1 aromatic carbocycles. The lowest BCUT2D eigenvalue weighted by molar-refractivity contribution is -0.146. The van der Waals surface area contributed by atoms with Crippen LogP contribution in [-0.4, -0.2) is 18.4 Å². The van der Waals surface area contributed by atoms with Gasteiger partial charge in [0.25, 0.3) is 0 Å². The van der Waals surface area contributed by atoms with E-state index in [0.717, 1.165) is 12.8 Å². The maximum Gasteiger partial charge on any atom is 0.303 e. The summed E-state index contributed by atoms with van der Waals surface area (Å²) in [5.74, 6) is -0.396. The number of hydrogen-bond donors (Lipinski definition) is 0. The summed E-state index contributed by atoms with van der Waals surface area (Å²) in [7, 11) is 0. The molecule has 1 aliphatic rings. The highest BCUT2D eigenvalue weighted by Gasteiger charge is 2.27. The van der Waals surface area contributed by atoms with Crippen LogP contribution in [0.1, 0.15) is 18.1 Å². The average molecular weight is 218 g/mol. The molecule has 0 spiro atoms. The zero-order chi connectivity index (χ0) is 11.5. The number of hydrogen-bond acceptors (Lipinski definition) is 3. The zero-order valence-corrected chi connectivity index (χ0v) is 9.23. The van der Waals surface area contributed by atoms with E-state index < -0.39 is 5.97 Å². The van der Waals surface area contributed by atoms with E-state index in [-0.39, 0.29) is 18.3 Å². The molecule has 0 bridgehead atoms. The van der Waals surface area contributed by atoms with Crippen LogP contribution in [0.2, 0.25) is 0 Å². The molecule has 0 unspecified atom stereocenters. The minimum atomic E-state index is -0.399. The Morgan fingerprint density at radius 3 is 2.31 bits per heavy atom. The first-order valence-electron chi connectivity index (χ1n) is 5.39. The summed E-state index contributed by atoms with van der Waals surface area (Å²) < 4.78 is 4.73. The second-order valence-corrected chi connectivity index (χ2v) is 4.12. The maximum absolute atomic E-state index is 11.7. The number of ketones is 1. The molecule has 0 radical (unpaired) electrons. The minimum absolute atomic E-state index is 0.0169. The van der Waals surface area contributed by atoms with Gasteiger partial charge in [0, 0.05) is 12.8 Å². The van der Waals surface area contributed by atoms with Crippen molar-refractivity contribution in [1.82, 2.24) is 0 Å². The molecule has 2 rings (SSSR count). The first kappa shape index (κ1) is 10.9. The quantitative estimate of drug-likeness (QED) is 0.723. The van der Waals surface area contributed by atoms with Crippen LogP contribution in [0.4, 0.5) is 0 Å². The van der Waals surface area contributed by atoms with Crippen LogP contribution in [0, 0.1) is 5.92 Å². The van der Waals surface area contributed by atoms with Gasteiger partial charge in [0.05, 0.1) is 0 Å². The van der Waals surface area contributed by atoms with Gasteiger partial charge in [-0.3, -0.25) is 9.59 Å². The molecule has 84 valence electrons. The molecule has 0 atom stereocenters. The molecule has 0 amide bonds. The summed E-state index contributed by atoms with van der Waals surface area (Å²) in [6, 6.07) is 8.07. The molecule has 1 aliphatic carbocycles. The van der Waals surface area contributed by atoms with E-state index in [1.54, 1.807) is 0 Å². The molecule has 0 N–H and O–H groups in total. The lowest BCUT2D eigenvalue weighted by Crippen LogP contribution is -2.21. The number of Topliss-reactive ketones (excluding diaryl/α,β-unsaturated/α-hetero) is 1. The predicted octanol–water partition coefficient (Wildman–Crippen LogP) is 1.53. The first-order chi connectivity index (χ1) is 7.66. The van der Waals surface area contributed by atoms with Gasteiger partial charge >= 0.3 is 5.97 Å². The van der Waals surface area contributed by atoms with Crippen molar-refractivity contribution >= 4 is 11.8 Å². The number of rotatable bonds is 3. The number of fused-ring (bicyclic) bond motifs is 1. The van der Waals surface area contributed by atoms with Gasteiger partial charge in [0.1, 0.15) is 6.61 Å². The molecule has 3 nitrogen and oxygen atoms in total. The standard InChI is InChI=1S/C13H14O3/c1-9(14)16-8-13(15)12-6-10-4-2-3-5-11(10)7-12/h2-5,12H,6-8H2,1H3. The summed E-state index contributed by atoms with van der Waals surface area (Å²) in [5.41, 5.74) is 2.48. The van der Waals surface area contributed by atoms with Crippen molar-refractivity contribution in [2.45, 2.75) is 19.8 Å². The van der Waals surface area contributed by atoms with Crippen molar-refractivity contribution in [3.63, 3.8) is 0 Å². The number of benzene rings is 1.